The largest absolute Gasteiger partial charge is 0.351 e. The van der Waals surface area contributed by atoms with Crippen LogP contribution in [0, 0.1) is 0 Å². The summed E-state index contributed by atoms with van der Waals surface area (Å²) in [4.78, 5) is 10.5. The molecule has 0 aromatic carbocycles. The Morgan fingerprint density at radius 1 is 1.58 bits per heavy atom. The van der Waals surface area contributed by atoms with Gasteiger partial charge in [0.1, 0.15) is 0 Å². The van der Waals surface area contributed by atoms with Crippen molar-refractivity contribution in [3.05, 3.63) is 12.7 Å². The third-order valence-electron chi connectivity index (χ3n) is 0.995. The predicted molar refractivity (Wildman–Crippen MR) is 49.1 cm³/mol. The minimum Gasteiger partial charge on any atom is -0.351 e. The van der Waals surface area contributed by atoms with E-state index >= 15 is 0 Å². The van der Waals surface area contributed by atoms with Gasteiger partial charge in [0.2, 0.25) is 15.9 Å². The van der Waals surface area contributed by atoms with Crippen LogP contribution in [0.5, 0.6) is 0 Å². The molecular weight excluding hydrogens is 200 g/mol. The zero-order valence-corrected chi connectivity index (χ0v) is 7.99. The average Bonchev–Trinajstić information content (AvgIpc) is 2.04. The Morgan fingerprint density at radius 3 is 2.58 bits per heavy atom. The molecule has 0 aliphatic heterocycles. The first-order chi connectivity index (χ1) is 5.52. The van der Waals surface area contributed by atoms with E-state index in [4.69, 9.17) is 0 Å². The second-order valence-electron chi connectivity index (χ2n) is 1.91. The van der Waals surface area contributed by atoms with E-state index in [9.17, 15) is 13.2 Å². The lowest BCUT2D eigenvalue weighted by Gasteiger charge is -2.01. The first-order valence-electron chi connectivity index (χ1n) is 3.05. The SMILES string of the molecule is C=CC(=O)NCCS(=O)(=O)NS. The van der Waals surface area contributed by atoms with Crippen LogP contribution in [0.15, 0.2) is 12.7 Å². The molecule has 5 nitrogen and oxygen atoms in total. The van der Waals surface area contributed by atoms with Gasteiger partial charge in [-0.25, -0.2) is 8.42 Å². The molecule has 0 spiro atoms. The molecular formula is C5H10N2O3S2. The van der Waals surface area contributed by atoms with Crippen molar-refractivity contribution in [3.8, 4) is 0 Å². The van der Waals surface area contributed by atoms with Gasteiger partial charge >= 0.3 is 0 Å². The maximum Gasteiger partial charge on any atom is 0.243 e. The summed E-state index contributed by atoms with van der Waals surface area (Å²) in [5, 5.41) is 2.31. The average molecular weight is 210 g/mol. The summed E-state index contributed by atoms with van der Waals surface area (Å²) < 4.78 is 23.2. The number of carbonyl (C=O) groups excluding carboxylic acids is 1. The van der Waals surface area contributed by atoms with Crippen LogP contribution in [-0.4, -0.2) is 26.6 Å². The van der Waals surface area contributed by atoms with Gasteiger partial charge in [-0.3, -0.25) is 4.79 Å². The summed E-state index contributed by atoms with van der Waals surface area (Å²) in [7, 11) is -3.36. The minimum atomic E-state index is -3.36. The number of hydrogen-bond acceptors (Lipinski definition) is 4. The number of amides is 1. The van der Waals surface area contributed by atoms with Crippen LogP contribution in [0.3, 0.4) is 0 Å². The van der Waals surface area contributed by atoms with Crippen molar-refractivity contribution in [1.82, 2.24) is 9.44 Å². The van der Waals surface area contributed by atoms with Crippen molar-refractivity contribution >= 4 is 28.7 Å². The Balaban J connectivity index is 3.71. The second-order valence-corrected chi connectivity index (χ2v) is 4.27. The molecule has 0 unspecified atom stereocenters. The van der Waals surface area contributed by atoms with Gasteiger partial charge in [0.15, 0.2) is 0 Å². The van der Waals surface area contributed by atoms with Crippen molar-refractivity contribution < 1.29 is 13.2 Å². The quantitative estimate of drug-likeness (QED) is 0.404. The maximum absolute atomic E-state index is 10.7. The number of nitrogens with one attached hydrogen (secondary N) is 2. The zero-order valence-electron chi connectivity index (χ0n) is 6.28. The summed E-state index contributed by atoms with van der Waals surface area (Å²) in [6.45, 7) is 3.25. The maximum atomic E-state index is 10.7. The predicted octanol–water partition coefficient (Wildman–Crippen LogP) is -0.947. The molecule has 0 bridgehead atoms. The number of rotatable bonds is 5. The Kier molecular flexibility index (Phi) is 4.95. The molecule has 0 aliphatic rings. The van der Waals surface area contributed by atoms with E-state index in [2.05, 4.69) is 24.7 Å². The van der Waals surface area contributed by atoms with Crippen LogP contribution in [-0.2, 0) is 14.8 Å². The van der Waals surface area contributed by atoms with E-state index < -0.39 is 15.9 Å². The lowest BCUT2D eigenvalue weighted by Crippen LogP contribution is -2.30. The molecule has 0 radical (unpaired) electrons. The van der Waals surface area contributed by atoms with Gasteiger partial charge in [0.05, 0.1) is 5.75 Å². The minimum absolute atomic E-state index is 0.0424. The van der Waals surface area contributed by atoms with Crippen LogP contribution in [0.4, 0.5) is 0 Å². The summed E-state index contributed by atoms with van der Waals surface area (Å²) in [5.41, 5.74) is 0. The Morgan fingerprint density at radius 2 is 2.17 bits per heavy atom. The van der Waals surface area contributed by atoms with Crippen molar-refractivity contribution in [2.45, 2.75) is 0 Å². The molecule has 0 rings (SSSR count). The second kappa shape index (κ2) is 5.18. The molecule has 0 saturated carbocycles. The molecule has 12 heavy (non-hydrogen) atoms. The Hall–Kier alpha value is -0.530. The molecule has 7 heteroatoms. The number of carbonyl (C=O) groups is 1. The molecule has 0 fully saturated rings. The van der Waals surface area contributed by atoms with E-state index in [1.165, 1.54) is 0 Å². The highest BCUT2D eigenvalue weighted by atomic mass is 32.3. The van der Waals surface area contributed by atoms with Crippen LogP contribution in [0.2, 0.25) is 0 Å². The summed E-state index contributed by atoms with van der Waals surface area (Å²) in [5.74, 6) is -0.597. The van der Waals surface area contributed by atoms with Gasteiger partial charge < -0.3 is 5.32 Å². The van der Waals surface area contributed by atoms with E-state index in [0.717, 1.165) is 6.08 Å². The molecule has 0 aromatic rings. The Labute approximate surface area is 76.8 Å². The van der Waals surface area contributed by atoms with Crippen LogP contribution < -0.4 is 9.44 Å². The lowest BCUT2D eigenvalue weighted by atomic mass is 10.6. The van der Waals surface area contributed by atoms with Crippen LogP contribution in [0.25, 0.3) is 0 Å². The van der Waals surface area contributed by atoms with Crippen molar-refractivity contribution in [2.75, 3.05) is 12.3 Å². The molecule has 0 heterocycles. The van der Waals surface area contributed by atoms with Gasteiger partial charge in [-0.1, -0.05) is 19.4 Å². The zero-order chi connectivity index (χ0) is 9.61. The highest BCUT2D eigenvalue weighted by Gasteiger charge is 2.06. The molecule has 70 valence electrons. The summed E-state index contributed by atoms with van der Waals surface area (Å²) >= 11 is 3.38. The highest BCUT2D eigenvalue weighted by Crippen LogP contribution is 1.83. The van der Waals surface area contributed by atoms with E-state index in [-0.39, 0.29) is 12.3 Å². The van der Waals surface area contributed by atoms with E-state index in [1.807, 2.05) is 4.13 Å². The van der Waals surface area contributed by atoms with Gasteiger partial charge in [-0.15, -0.1) is 0 Å². The molecule has 0 atom stereocenters. The number of hydrogen-bond donors (Lipinski definition) is 3. The monoisotopic (exact) mass is 210 g/mol. The summed E-state index contributed by atoms with van der Waals surface area (Å²) in [6, 6.07) is 0. The third-order valence-corrected chi connectivity index (χ3v) is 2.85. The third kappa shape index (κ3) is 5.16. The molecule has 1 amide bonds. The first-order valence-corrected chi connectivity index (χ1v) is 5.15. The lowest BCUT2D eigenvalue weighted by molar-refractivity contribution is -0.116. The molecule has 0 aromatic heterocycles. The Bertz CT molecular complexity index is 260. The number of thiol groups is 1. The standard InChI is InChI=1S/C5H10N2O3S2/c1-2-5(8)6-3-4-12(9,10)7-11/h2,7,11H,1,3-4H2,(H,6,8). The number of sulfonamides is 1. The van der Waals surface area contributed by atoms with Gasteiger partial charge in [0.25, 0.3) is 0 Å². The van der Waals surface area contributed by atoms with E-state index in [0.29, 0.717) is 0 Å². The molecule has 2 N–H and O–H groups in total. The highest BCUT2D eigenvalue weighted by molar-refractivity contribution is 8.00. The van der Waals surface area contributed by atoms with Crippen molar-refractivity contribution in [3.63, 3.8) is 0 Å². The smallest absolute Gasteiger partial charge is 0.243 e. The van der Waals surface area contributed by atoms with Crippen LogP contribution >= 0.6 is 12.8 Å². The van der Waals surface area contributed by atoms with E-state index in [1.54, 1.807) is 0 Å². The normalized spacial score (nSPS) is 10.8. The van der Waals surface area contributed by atoms with Gasteiger partial charge in [-0.2, -0.15) is 4.13 Å². The molecule has 0 aliphatic carbocycles. The topological polar surface area (TPSA) is 75.3 Å². The fourth-order valence-corrected chi connectivity index (χ4v) is 1.16. The van der Waals surface area contributed by atoms with Gasteiger partial charge in [0, 0.05) is 6.54 Å². The van der Waals surface area contributed by atoms with Crippen molar-refractivity contribution in [2.24, 2.45) is 0 Å². The summed E-state index contributed by atoms with van der Waals surface area (Å²) in [6.07, 6.45) is 1.07. The fraction of sp³-hybridized carbons (Fsp3) is 0.400. The first kappa shape index (κ1) is 11.5. The van der Waals surface area contributed by atoms with Crippen LogP contribution in [0.1, 0.15) is 0 Å². The van der Waals surface area contributed by atoms with Crippen molar-refractivity contribution in [1.29, 1.82) is 0 Å². The molecule has 0 saturated heterocycles. The fourth-order valence-electron chi connectivity index (χ4n) is 0.426. The van der Waals surface area contributed by atoms with Gasteiger partial charge in [-0.05, 0) is 6.08 Å².